The summed E-state index contributed by atoms with van der Waals surface area (Å²) < 4.78 is 17.9. The second-order valence-corrected chi connectivity index (χ2v) is 17.2. The zero-order valence-corrected chi connectivity index (χ0v) is 33.1. The van der Waals surface area contributed by atoms with E-state index in [0.717, 1.165) is 49.5 Å². The monoisotopic (exact) mass is 730 g/mol. The Labute approximate surface area is 315 Å². The van der Waals surface area contributed by atoms with Gasteiger partial charge in [0.25, 0.3) is 0 Å². The smallest absolute Gasteiger partial charge is 0.310 e. The van der Waals surface area contributed by atoms with Crippen LogP contribution in [0.15, 0.2) is 115 Å². The third-order valence-corrected chi connectivity index (χ3v) is 11.7. The summed E-state index contributed by atoms with van der Waals surface area (Å²) >= 11 is 0. The minimum absolute atomic E-state index is 0.220. The molecule has 0 radical (unpaired) electrons. The summed E-state index contributed by atoms with van der Waals surface area (Å²) in [7, 11) is 3.74. The summed E-state index contributed by atoms with van der Waals surface area (Å²) in [5, 5.41) is 9.20. The van der Waals surface area contributed by atoms with Crippen molar-refractivity contribution in [3.05, 3.63) is 143 Å². The lowest BCUT2D eigenvalue weighted by Crippen LogP contribution is -2.43. The lowest BCUT2D eigenvalue weighted by atomic mass is 9.77. The van der Waals surface area contributed by atoms with Crippen LogP contribution in [0.25, 0.3) is 0 Å². The van der Waals surface area contributed by atoms with Gasteiger partial charge in [0, 0.05) is 17.7 Å². The van der Waals surface area contributed by atoms with E-state index in [-0.39, 0.29) is 17.4 Å². The Morgan fingerprint density at radius 3 is 1.55 bits per heavy atom. The van der Waals surface area contributed by atoms with Crippen molar-refractivity contribution >= 4 is 35.6 Å². The van der Waals surface area contributed by atoms with Crippen molar-refractivity contribution in [1.29, 1.82) is 0 Å². The molecule has 0 saturated carbocycles. The highest BCUT2D eigenvalue weighted by Gasteiger charge is 2.34. The molecule has 2 amide bonds. The van der Waals surface area contributed by atoms with Crippen molar-refractivity contribution in [3.8, 4) is 17.2 Å². The van der Waals surface area contributed by atoms with Crippen molar-refractivity contribution in [2.45, 2.75) is 65.0 Å². The van der Waals surface area contributed by atoms with Gasteiger partial charge in [0.2, 0.25) is 0 Å². The maximum absolute atomic E-state index is 14.1. The van der Waals surface area contributed by atoms with Crippen molar-refractivity contribution in [3.63, 3.8) is 0 Å². The van der Waals surface area contributed by atoms with Gasteiger partial charge >= 0.3 is 11.8 Å². The molecule has 0 saturated heterocycles. The Bertz CT molecular complexity index is 1950. The Kier molecular flexibility index (Phi) is 12.3. The highest BCUT2D eigenvalue weighted by atomic mass is 31.1. The fourth-order valence-electron chi connectivity index (χ4n) is 6.44. The number of hydrogen-bond donors (Lipinski definition) is 2. The van der Waals surface area contributed by atoms with Crippen LogP contribution in [-0.2, 0) is 27.0 Å². The molecule has 5 aromatic rings. The standard InChI is InChI=1S/C45H51N2O5P/c1-44(2,3)35-25-31(26-36(41(35)52-9)45(4,5)6)40(47-43(49)42(48)46-29-30-19-13-10-14-20-30)34-27-37(50-7)38(51-8)28-39(34)53(32-21-15-11-16-22-32)33-23-17-12-18-24-33/h10-28,40H,29H2,1-9H3,(H,46,48)(H,47,49)/t40-/m1/s1. The second kappa shape index (κ2) is 16.7. The molecular formula is C45H51N2O5P. The van der Waals surface area contributed by atoms with Crippen LogP contribution in [0.1, 0.15) is 75.4 Å². The van der Waals surface area contributed by atoms with Gasteiger partial charge in [-0.25, -0.2) is 0 Å². The first-order valence-corrected chi connectivity index (χ1v) is 19.1. The number of hydrogen-bond acceptors (Lipinski definition) is 5. The van der Waals surface area contributed by atoms with E-state index in [1.165, 1.54) is 0 Å². The van der Waals surface area contributed by atoms with Crippen molar-refractivity contribution in [1.82, 2.24) is 10.6 Å². The number of carbonyl (C=O) groups excluding carboxylic acids is 2. The summed E-state index contributed by atoms with van der Waals surface area (Å²) in [4.78, 5) is 27.7. The van der Waals surface area contributed by atoms with Crippen LogP contribution in [0.3, 0.4) is 0 Å². The third-order valence-electron chi connectivity index (χ3n) is 9.16. The average molecular weight is 731 g/mol. The van der Waals surface area contributed by atoms with E-state index in [9.17, 15) is 9.59 Å². The van der Waals surface area contributed by atoms with E-state index < -0.39 is 25.8 Å². The molecule has 0 bridgehead atoms. The lowest BCUT2D eigenvalue weighted by molar-refractivity contribution is -0.139. The average Bonchev–Trinajstić information content (AvgIpc) is 3.15. The van der Waals surface area contributed by atoms with Gasteiger partial charge in [-0.3, -0.25) is 9.59 Å². The molecular weight excluding hydrogens is 679 g/mol. The first kappa shape index (κ1) is 39.1. The quantitative estimate of drug-likeness (QED) is 0.108. The molecule has 0 aliphatic rings. The molecule has 2 N–H and O–H groups in total. The molecule has 0 aliphatic heterocycles. The summed E-state index contributed by atoms with van der Waals surface area (Å²) in [6, 6.07) is 37.6. The normalized spacial score (nSPS) is 12.2. The molecule has 5 rings (SSSR count). The van der Waals surface area contributed by atoms with E-state index in [1.807, 2.05) is 78.9 Å². The SMILES string of the molecule is COc1cc([C@H](NC(=O)C(=O)NCc2ccccc2)c2cc(C(C)(C)C)c(OC)c(C(C)(C)C)c2)c(P(c2ccccc2)c2ccccc2)cc1OC. The van der Waals surface area contributed by atoms with Crippen molar-refractivity contribution in [2.24, 2.45) is 0 Å². The maximum atomic E-state index is 14.1. The number of methoxy groups -OCH3 is 3. The first-order chi connectivity index (χ1) is 25.3. The lowest BCUT2D eigenvalue weighted by Gasteiger charge is -2.33. The molecule has 1 atom stereocenters. The number of rotatable bonds is 11. The minimum atomic E-state index is -1.19. The third kappa shape index (κ3) is 9.09. The molecule has 7 nitrogen and oxygen atoms in total. The highest BCUT2D eigenvalue weighted by molar-refractivity contribution is 7.79. The van der Waals surface area contributed by atoms with Gasteiger partial charge < -0.3 is 24.8 Å². The maximum Gasteiger partial charge on any atom is 0.310 e. The zero-order valence-electron chi connectivity index (χ0n) is 32.2. The van der Waals surface area contributed by atoms with Crippen LogP contribution in [0.5, 0.6) is 17.2 Å². The summed E-state index contributed by atoms with van der Waals surface area (Å²) in [6.45, 7) is 13.1. The molecule has 0 spiro atoms. The molecule has 53 heavy (non-hydrogen) atoms. The predicted molar refractivity (Wildman–Crippen MR) is 217 cm³/mol. The fourth-order valence-corrected chi connectivity index (χ4v) is 8.93. The Morgan fingerprint density at radius 1 is 0.623 bits per heavy atom. The number of benzene rings is 5. The predicted octanol–water partition coefficient (Wildman–Crippen LogP) is 7.59. The number of nitrogens with one attached hydrogen (secondary N) is 2. The fraction of sp³-hybridized carbons (Fsp3) is 0.289. The van der Waals surface area contributed by atoms with Crippen LogP contribution >= 0.6 is 7.92 Å². The van der Waals surface area contributed by atoms with Gasteiger partial charge in [0.05, 0.1) is 27.4 Å². The van der Waals surface area contributed by atoms with Crippen LogP contribution in [-0.4, -0.2) is 33.1 Å². The second-order valence-electron chi connectivity index (χ2n) is 15.0. The largest absolute Gasteiger partial charge is 0.496 e. The van der Waals surface area contributed by atoms with Crippen molar-refractivity contribution < 1.29 is 23.8 Å². The van der Waals surface area contributed by atoms with Crippen LogP contribution in [0, 0.1) is 0 Å². The Hall–Kier alpha value is -5.13. The summed E-state index contributed by atoms with van der Waals surface area (Å²) in [6.07, 6.45) is 0. The molecule has 276 valence electrons. The first-order valence-electron chi connectivity index (χ1n) is 17.8. The van der Waals surface area contributed by atoms with E-state index in [2.05, 4.69) is 88.6 Å². The van der Waals surface area contributed by atoms with Gasteiger partial charge in [0.1, 0.15) is 5.75 Å². The molecule has 0 aliphatic carbocycles. The summed E-state index contributed by atoms with van der Waals surface area (Å²) in [5.74, 6) is 0.408. The van der Waals surface area contributed by atoms with Gasteiger partial charge in [-0.1, -0.05) is 133 Å². The molecule has 0 fully saturated rings. The number of ether oxygens (including phenoxy) is 3. The highest BCUT2D eigenvalue weighted by Crippen LogP contribution is 2.45. The summed E-state index contributed by atoms with van der Waals surface area (Å²) in [5.41, 5.74) is 3.85. The molecule has 0 heterocycles. The van der Waals surface area contributed by atoms with E-state index in [1.54, 1.807) is 21.3 Å². The molecule has 0 aromatic heterocycles. The molecule has 0 unspecified atom stereocenters. The molecule has 5 aromatic carbocycles. The topological polar surface area (TPSA) is 85.9 Å². The van der Waals surface area contributed by atoms with Crippen LogP contribution in [0.2, 0.25) is 0 Å². The zero-order chi connectivity index (χ0) is 38.3. The van der Waals surface area contributed by atoms with Crippen LogP contribution < -0.4 is 40.8 Å². The van der Waals surface area contributed by atoms with Gasteiger partial charge in [-0.05, 0) is 75.6 Å². The number of carbonyl (C=O) groups is 2. The van der Waals surface area contributed by atoms with E-state index >= 15 is 0 Å². The minimum Gasteiger partial charge on any atom is -0.496 e. The Balaban J connectivity index is 1.80. The van der Waals surface area contributed by atoms with Gasteiger partial charge in [0.15, 0.2) is 11.5 Å². The van der Waals surface area contributed by atoms with E-state index in [0.29, 0.717) is 11.5 Å². The van der Waals surface area contributed by atoms with Crippen molar-refractivity contribution in [2.75, 3.05) is 21.3 Å². The number of amides is 2. The molecule has 8 heteroatoms. The van der Waals surface area contributed by atoms with Crippen LogP contribution in [0.4, 0.5) is 0 Å². The van der Waals surface area contributed by atoms with Gasteiger partial charge in [-0.15, -0.1) is 0 Å². The van der Waals surface area contributed by atoms with Gasteiger partial charge in [-0.2, -0.15) is 0 Å². The van der Waals surface area contributed by atoms with E-state index in [4.69, 9.17) is 14.2 Å². The Morgan fingerprint density at radius 2 is 1.09 bits per heavy atom.